The summed E-state index contributed by atoms with van der Waals surface area (Å²) < 4.78 is 11.0. The van der Waals surface area contributed by atoms with Crippen LogP contribution in [0.5, 0.6) is 5.75 Å². The Morgan fingerprint density at radius 1 is 1.50 bits per heavy atom. The summed E-state index contributed by atoms with van der Waals surface area (Å²) in [5, 5.41) is 9.03. The summed E-state index contributed by atoms with van der Waals surface area (Å²) in [6.45, 7) is 4.21. The van der Waals surface area contributed by atoms with Crippen LogP contribution >= 0.6 is 15.9 Å². The third-order valence-electron chi connectivity index (χ3n) is 1.96. The molecule has 0 aliphatic rings. The average molecular weight is 289 g/mol. The molecule has 16 heavy (non-hydrogen) atoms. The molecular weight excluding hydrogens is 276 g/mol. The molecule has 1 aromatic rings. The van der Waals surface area contributed by atoms with Crippen LogP contribution in [-0.2, 0) is 4.74 Å². The minimum atomic E-state index is -1.02. The van der Waals surface area contributed by atoms with Gasteiger partial charge >= 0.3 is 5.97 Å². The zero-order chi connectivity index (χ0) is 12.1. The Labute approximate surface area is 102 Å². The number of carboxylic acid groups (broad SMARTS) is 1. The summed E-state index contributed by atoms with van der Waals surface area (Å²) in [6.07, 6.45) is 0. The van der Waals surface area contributed by atoms with Gasteiger partial charge in [-0.2, -0.15) is 0 Å². The molecule has 1 aromatic carbocycles. The average Bonchev–Trinajstić information content (AvgIpc) is 2.20. The highest BCUT2D eigenvalue weighted by Gasteiger charge is 2.15. The number of ether oxygens (including phenoxy) is 2. The summed E-state index contributed by atoms with van der Waals surface area (Å²) in [4.78, 5) is 11.0. The Morgan fingerprint density at radius 3 is 2.75 bits per heavy atom. The molecule has 0 saturated heterocycles. The van der Waals surface area contributed by atoms with E-state index >= 15 is 0 Å². The molecule has 0 bridgehead atoms. The van der Waals surface area contributed by atoms with Crippen LogP contribution in [0.4, 0.5) is 0 Å². The van der Waals surface area contributed by atoms with Gasteiger partial charge in [0.1, 0.15) is 11.3 Å². The van der Waals surface area contributed by atoms with E-state index in [1.807, 2.05) is 6.92 Å². The van der Waals surface area contributed by atoms with Crippen molar-refractivity contribution in [3.05, 3.63) is 27.7 Å². The van der Waals surface area contributed by atoms with Crippen LogP contribution in [0.15, 0.2) is 16.6 Å². The van der Waals surface area contributed by atoms with Crippen molar-refractivity contribution in [2.45, 2.75) is 13.8 Å². The lowest BCUT2D eigenvalue weighted by Crippen LogP contribution is -2.08. The molecule has 0 aliphatic heterocycles. The van der Waals surface area contributed by atoms with E-state index in [4.69, 9.17) is 14.6 Å². The zero-order valence-corrected chi connectivity index (χ0v) is 10.7. The van der Waals surface area contributed by atoms with Gasteiger partial charge in [0, 0.05) is 11.1 Å². The number of aromatic carboxylic acids is 1. The smallest absolute Gasteiger partial charge is 0.339 e. The summed E-state index contributed by atoms with van der Waals surface area (Å²) >= 11 is 3.25. The van der Waals surface area contributed by atoms with E-state index in [9.17, 15) is 4.79 Å². The summed E-state index contributed by atoms with van der Waals surface area (Å²) in [5.41, 5.74) is 0.887. The van der Waals surface area contributed by atoms with Gasteiger partial charge in [0.25, 0.3) is 0 Å². The molecule has 88 valence electrons. The highest BCUT2D eigenvalue weighted by molar-refractivity contribution is 9.10. The van der Waals surface area contributed by atoms with E-state index in [1.165, 1.54) is 6.07 Å². The monoisotopic (exact) mass is 288 g/mol. The van der Waals surface area contributed by atoms with Gasteiger partial charge in [0.2, 0.25) is 0 Å². The molecule has 5 heteroatoms. The number of carboxylic acids is 1. The van der Waals surface area contributed by atoms with Crippen LogP contribution in [0.3, 0.4) is 0 Å². The van der Waals surface area contributed by atoms with Crippen LogP contribution in [0.2, 0.25) is 0 Å². The molecule has 0 aliphatic carbocycles. The van der Waals surface area contributed by atoms with Crippen molar-refractivity contribution in [3.63, 3.8) is 0 Å². The van der Waals surface area contributed by atoms with Gasteiger partial charge in [0.05, 0.1) is 0 Å². The number of halogens is 1. The second-order valence-corrected chi connectivity index (χ2v) is 4.08. The number of hydrogen-bond donors (Lipinski definition) is 1. The van der Waals surface area contributed by atoms with Crippen LogP contribution < -0.4 is 4.74 Å². The largest absolute Gasteiger partial charge is 0.478 e. The van der Waals surface area contributed by atoms with Crippen molar-refractivity contribution >= 4 is 21.9 Å². The third kappa shape index (κ3) is 3.21. The summed E-state index contributed by atoms with van der Waals surface area (Å²) in [5.74, 6) is -0.667. The van der Waals surface area contributed by atoms with Crippen LogP contribution in [0, 0.1) is 6.92 Å². The van der Waals surface area contributed by atoms with Gasteiger partial charge < -0.3 is 14.6 Å². The summed E-state index contributed by atoms with van der Waals surface area (Å²) in [7, 11) is 0. The first-order chi connectivity index (χ1) is 7.56. The molecule has 0 spiro atoms. The van der Waals surface area contributed by atoms with E-state index in [0.29, 0.717) is 16.8 Å². The lowest BCUT2D eigenvalue weighted by atomic mass is 10.1. The quantitative estimate of drug-likeness (QED) is 0.669. The Kier molecular flexibility index (Phi) is 4.76. The van der Waals surface area contributed by atoms with E-state index < -0.39 is 5.97 Å². The van der Waals surface area contributed by atoms with E-state index in [1.54, 1.807) is 13.0 Å². The Balaban J connectivity index is 2.99. The van der Waals surface area contributed by atoms with Crippen LogP contribution in [-0.4, -0.2) is 24.5 Å². The van der Waals surface area contributed by atoms with E-state index in [0.717, 1.165) is 5.56 Å². The Hall–Kier alpha value is -1.07. The minimum absolute atomic E-state index is 0.0548. The number of carbonyl (C=O) groups is 1. The fourth-order valence-electron chi connectivity index (χ4n) is 1.26. The van der Waals surface area contributed by atoms with Gasteiger partial charge in [0.15, 0.2) is 6.79 Å². The first-order valence-corrected chi connectivity index (χ1v) is 5.59. The molecule has 0 unspecified atom stereocenters. The number of rotatable bonds is 5. The highest BCUT2D eigenvalue weighted by atomic mass is 79.9. The molecule has 4 nitrogen and oxygen atoms in total. The number of aryl methyl sites for hydroxylation is 1. The normalized spacial score (nSPS) is 10.2. The number of hydrogen-bond acceptors (Lipinski definition) is 3. The third-order valence-corrected chi connectivity index (χ3v) is 2.42. The Bertz CT molecular complexity index is 390. The predicted octanol–water partition coefficient (Wildman–Crippen LogP) is 2.83. The van der Waals surface area contributed by atoms with Gasteiger partial charge in [-0.1, -0.05) is 15.9 Å². The van der Waals surface area contributed by atoms with Crippen molar-refractivity contribution in [3.8, 4) is 5.75 Å². The van der Waals surface area contributed by atoms with Crippen molar-refractivity contribution in [2.24, 2.45) is 0 Å². The molecular formula is C11H13BrO4. The van der Waals surface area contributed by atoms with Gasteiger partial charge in [-0.25, -0.2) is 4.79 Å². The second-order valence-electron chi connectivity index (χ2n) is 3.16. The summed E-state index contributed by atoms with van der Waals surface area (Å²) in [6, 6.07) is 3.31. The molecule has 1 N–H and O–H groups in total. The van der Waals surface area contributed by atoms with Crippen molar-refractivity contribution in [2.75, 3.05) is 13.4 Å². The van der Waals surface area contributed by atoms with Crippen molar-refractivity contribution in [1.29, 1.82) is 0 Å². The molecule has 0 heterocycles. The maximum atomic E-state index is 11.0. The SMILES string of the molecule is CCOCOc1c(C)cc(Br)cc1C(=O)O. The zero-order valence-electron chi connectivity index (χ0n) is 9.12. The van der Waals surface area contributed by atoms with Crippen molar-refractivity contribution in [1.82, 2.24) is 0 Å². The molecule has 0 aromatic heterocycles. The van der Waals surface area contributed by atoms with Gasteiger partial charge in [-0.15, -0.1) is 0 Å². The van der Waals surface area contributed by atoms with E-state index in [-0.39, 0.29) is 12.4 Å². The number of benzene rings is 1. The first-order valence-electron chi connectivity index (χ1n) is 4.80. The molecule has 0 atom stereocenters. The second kappa shape index (κ2) is 5.86. The highest BCUT2D eigenvalue weighted by Crippen LogP contribution is 2.28. The molecule has 0 amide bonds. The fraction of sp³-hybridized carbons (Fsp3) is 0.364. The Morgan fingerprint density at radius 2 is 2.19 bits per heavy atom. The standard InChI is InChI=1S/C11H13BrO4/c1-3-15-6-16-10-7(2)4-8(12)5-9(10)11(13)14/h4-5H,3,6H2,1-2H3,(H,13,14). The molecule has 0 saturated carbocycles. The maximum absolute atomic E-state index is 11.0. The molecule has 0 radical (unpaired) electrons. The molecule has 1 rings (SSSR count). The van der Waals surface area contributed by atoms with Gasteiger partial charge in [-0.05, 0) is 31.5 Å². The lowest BCUT2D eigenvalue weighted by molar-refractivity contribution is 0.0209. The fourth-order valence-corrected chi connectivity index (χ4v) is 1.84. The molecule has 0 fully saturated rings. The maximum Gasteiger partial charge on any atom is 0.339 e. The predicted molar refractivity (Wildman–Crippen MR) is 63.0 cm³/mol. The topological polar surface area (TPSA) is 55.8 Å². The van der Waals surface area contributed by atoms with Crippen molar-refractivity contribution < 1.29 is 19.4 Å². The minimum Gasteiger partial charge on any atom is -0.478 e. The van der Waals surface area contributed by atoms with E-state index in [2.05, 4.69) is 15.9 Å². The van der Waals surface area contributed by atoms with Crippen LogP contribution in [0.1, 0.15) is 22.8 Å². The van der Waals surface area contributed by atoms with Gasteiger partial charge in [-0.3, -0.25) is 0 Å². The first kappa shape index (κ1) is 13.0. The van der Waals surface area contributed by atoms with Crippen LogP contribution in [0.25, 0.3) is 0 Å². The lowest BCUT2D eigenvalue weighted by Gasteiger charge is -2.12.